The molecule has 0 spiro atoms. The Balaban J connectivity index is 2.08. The van der Waals surface area contributed by atoms with Crippen molar-refractivity contribution in [1.29, 1.82) is 0 Å². The maximum atomic E-state index is 5.97. The van der Waals surface area contributed by atoms with E-state index in [1.54, 1.807) is 11.3 Å². The van der Waals surface area contributed by atoms with Gasteiger partial charge in [-0.05, 0) is 32.1 Å². The highest BCUT2D eigenvalue weighted by Crippen LogP contribution is 2.37. The fourth-order valence-electron chi connectivity index (χ4n) is 2.54. The Morgan fingerprint density at radius 3 is 2.50 bits per heavy atom. The van der Waals surface area contributed by atoms with Crippen LogP contribution in [0.5, 0.6) is 0 Å². The number of nitrogens with two attached hydrogens (primary N) is 1. The van der Waals surface area contributed by atoms with Crippen LogP contribution in [-0.2, 0) is 0 Å². The number of nitrogens with zero attached hydrogens (tertiary/aromatic N) is 2. The molecule has 1 aliphatic heterocycles. The fourth-order valence-corrected chi connectivity index (χ4v) is 3.61. The van der Waals surface area contributed by atoms with Gasteiger partial charge in [0.25, 0.3) is 0 Å². The van der Waals surface area contributed by atoms with Gasteiger partial charge in [-0.2, -0.15) is 0 Å². The first-order valence-electron chi connectivity index (χ1n) is 6.93. The van der Waals surface area contributed by atoms with Crippen LogP contribution in [0.1, 0.15) is 56.6 Å². The van der Waals surface area contributed by atoms with Gasteiger partial charge in [-0.3, -0.25) is 0 Å². The third-order valence-electron chi connectivity index (χ3n) is 4.33. The first-order chi connectivity index (χ1) is 8.45. The van der Waals surface area contributed by atoms with Gasteiger partial charge in [-0.15, -0.1) is 11.3 Å². The monoisotopic (exact) mass is 267 g/mol. The van der Waals surface area contributed by atoms with E-state index in [0.717, 1.165) is 23.9 Å². The van der Waals surface area contributed by atoms with Gasteiger partial charge in [-0.1, -0.05) is 20.3 Å². The molecule has 3 nitrogen and oxygen atoms in total. The zero-order chi connectivity index (χ0) is 13.3. The lowest BCUT2D eigenvalue weighted by Gasteiger charge is -2.38. The van der Waals surface area contributed by atoms with Crippen LogP contribution in [0.4, 0.5) is 5.13 Å². The topological polar surface area (TPSA) is 42.2 Å². The molecule has 0 saturated carbocycles. The third-order valence-corrected chi connectivity index (χ3v) is 5.75. The molecule has 2 heterocycles. The number of anilines is 1. The Morgan fingerprint density at radius 1 is 1.44 bits per heavy atom. The van der Waals surface area contributed by atoms with Crippen molar-refractivity contribution in [3.63, 3.8) is 0 Å². The van der Waals surface area contributed by atoms with E-state index < -0.39 is 0 Å². The van der Waals surface area contributed by atoms with Crippen LogP contribution in [0.25, 0.3) is 0 Å². The van der Waals surface area contributed by atoms with Gasteiger partial charge >= 0.3 is 0 Å². The Morgan fingerprint density at radius 2 is 2.06 bits per heavy atom. The lowest BCUT2D eigenvalue weighted by molar-refractivity contribution is 0.238. The molecule has 18 heavy (non-hydrogen) atoms. The van der Waals surface area contributed by atoms with Crippen LogP contribution < -0.4 is 10.6 Å². The summed E-state index contributed by atoms with van der Waals surface area (Å²) in [4.78, 5) is 8.36. The lowest BCUT2D eigenvalue weighted by atomic mass is 9.78. The molecule has 1 unspecified atom stereocenters. The quantitative estimate of drug-likeness (QED) is 0.911. The first-order valence-corrected chi connectivity index (χ1v) is 7.75. The predicted molar refractivity (Wildman–Crippen MR) is 79.3 cm³/mol. The van der Waals surface area contributed by atoms with Gasteiger partial charge in [0.05, 0.1) is 5.69 Å². The maximum Gasteiger partial charge on any atom is 0.185 e. The summed E-state index contributed by atoms with van der Waals surface area (Å²) >= 11 is 1.77. The van der Waals surface area contributed by atoms with Crippen molar-refractivity contribution in [2.75, 3.05) is 18.0 Å². The van der Waals surface area contributed by atoms with Crippen molar-refractivity contribution >= 4 is 16.5 Å². The number of rotatable bonds is 3. The van der Waals surface area contributed by atoms with Crippen molar-refractivity contribution in [3.05, 3.63) is 10.6 Å². The number of hydrogen-bond acceptors (Lipinski definition) is 4. The summed E-state index contributed by atoms with van der Waals surface area (Å²) in [5.74, 6) is 0. The molecule has 0 aliphatic carbocycles. The van der Waals surface area contributed by atoms with Gasteiger partial charge in [0, 0.05) is 24.0 Å². The summed E-state index contributed by atoms with van der Waals surface area (Å²) in [7, 11) is 0. The van der Waals surface area contributed by atoms with Gasteiger partial charge in [-0.25, -0.2) is 4.98 Å². The summed E-state index contributed by atoms with van der Waals surface area (Å²) in [6.45, 7) is 11.1. The van der Waals surface area contributed by atoms with Crippen LogP contribution in [0.3, 0.4) is 0 Å². The van der Waals surface area contributed by atoms with Crippen LogP contribution in [0.2, 0.25) is 0 Å². The lowest BCUT2D eigenvalue weighted by Crippen LogP contribution is -2.38. The average Bonchev–Trinajstić information content (AvgIpc) is 2.72. The minimum absolute atomic E-state index is 0.0990. The van der Waals surface area contributed by atoms with Crippen molar-refractivity contribution in [3.8, 4) is 0 Å². The van der Waals surface area contributed by atoms with E-state index in [4.69, 9.17) is 10.7 Å². The SMILES string of the molecule is CCC1(C)CCN(c2nc(C)c(C(C)N)s2)CC1. The largest absolute Gasteiger partial charge is 0.348 e. The Bertz CT molecular complexity index is 403. The number of thiazole rings is 1. The summed E-state index contributed by atoms with van der Waals surface area (Å²) in [6, 6.07) is 0.0990. The van der Waals surface area contributed by atoms with E-state index >= 15 is 0 Å². The van der Waals surface area contributed by atoms with Crippen LogP contribution in [-0.4, -0.2) is 18.1 Å². The molecule has 1 atom stereocenters. The van der Waals surface area contributed by atoms with Crippen molar-refractivity contribution < 1.29 is 0 Å². The second-order valence-corrected chi connectivity index (χ2v) is 6.90. The van der Waals surface area contributed by atoms with Gasteiger partial charge < -0.3 is 10.6 Å². The highest BCUT2D eigenvalue weighted by Gasteiger charge is 2.29. The number of aryl methyl sites for hydroxylation is 1. The highest BCUT2D eigenvalue weighted by atomic mass is 32.1. The van der Waals surface area contributed by atoms with Crippen molar-refractivity contribution in [2.45, 2.75) is 53.0 Å². The second kappa shape index (κ2) is 5.17. The van der Waals surface area contributed by atoms with E-state index in [0.29, 0.717) is 5.41 Å². The van der Waals surface area contributed by atoms with Gasteiger partial charge in [0.15, 0.2) is 5.13 Å². The number of hydrogen-bond donors (Lipinski definition) is 1. The zero-order valence-corrected chi connectivity index (χ0v) is 12.8. The fraction of sp³-hybridized carbons (Fsp3) is 0.786. The molecule has 1 saturated heterocycles. The molecule has 2 rings (SSSR count). The summed E-state index contributed by atoms with van der Waals surface area (Å²) < 4.78 is 0. The molecule has 2 N–H and O–H groups in total. The van der Waals surface area contributed by atoms with E-state index in [-0.39, 0.29) is 6.04 Å². The van der Waals surface area contributed by atoms with Crippen LogP contribution in [0, 0.1) is 12.3 Å². The van der Waals surface area contributed by atoms with Crippen molar-refractivity contribution in [1.82, 2.24) is 4.98 Å². The first kappa shape index (κ1) is 13.8. The average molecular weight is 267 g/mol. The standard InChI is InChI=1S/C14H25N3S/c1-5-14(4)6-8-17(9-7-14)13-16-11(3)12(18-13)10(2)15/h10H,5-9,15H2,1-4H3. The molecule has 0 bridgehead atoms. The molecule has 4 heteroatoms. The molecule has 0 amide bonds. The Hall–Kier alpha value is -0.610. The molecular weight excluding hydrogens is 242 g/mol. The summed E-state index contributed by atoms with van der Waals surface area (Å²) in [5.41, 5.74) is 7.61. The molecule has 102 valence electrons. The van der Waals surface area contributed by atoms with E-state index in [9.17, 15) is 0 Å². The maximum absolute atomic E-state index is 5.97. The van der Waals surface area contributed by atoms with Crippen LogP contribution >= 0.6 is 11.3 Å². The molecule has 1 aromatic rings. The minimum atomic E-state index is 0.0990. The van der Waals surface area contributed by atoms with Gasteiger partial charge in [0.2, 0.25) is 0 Å². The van der Waals surface area contributed by atoms with Crippen LogP contribution in [0.15, 0.2) is 0 Å². The Labute approximate surface area is 114 Å². The van der Waals surface area contributed by atoms with E-state index in [2.05, 4.69) is 25.7 Å². The van der Waals surface area contributed by atoms with Gasteiger partial charge in [0.1, 0.15) is 0 Å². The highest BCUT2D eigenvalue weighted by molar-refractivity contribution is 7.15. The Kier molecular flexibility index (Phi) is 3.97. The molecule has 1 aliphatic rings. The zero-order valence-electron chi connectivity index (χ0n) is 12.0. The minimum Gasteiger partial charge on any atom is -0.348 e. The predicted octanol–water partition coefficient (Wildman–Crippen LogP) is 3.49. The molecular formula is C14H25N3S. The molecule has 0 radical (unpaired) electrons. The van der Waals surface area contributed by atoms with Crippen molar-refractivity contribution in [2.24, 2.45) is 11.1 Å². The third kappa shape index (κ3) is 2.69. The van der Waals surface area contributed by atoms with E-state index in [1.807, 2.05) is 6.92 Å². The normalized spacial score (nSPS) is 21.1. The summed E-state index contributed by atoms with van der Waals surface area (Å²) in [5, 5.41) is 1.16. The smallest absolute Gasteiger partial charge is 0.185 e. The molecule has 0 aromatic carbocycles. The molecule has 1 fully saturated rings. The number of aromatic nitrogens is 1. The summed E-state index contributed by atoms with van der Waals surface area (Å²) in [6.07, 6.45) is 3.83. The second-order valence-electron chi connectivity index (χ2n) is 5.89. The number of piperidine rings is 1. The van der Waals surface area contributed by atoms with E-state index in [1.165, 1.54) is 24.1 Å². The molecule has 1 aromatic heterocycles.